The van der Waals surface area contributed by atoms with Crippen LogP contribution < -0.4 is 0 Å². The molecule has 3 N–H and O–H groups in total. The number of carbonyl (C=O) groups is 1. The maximum Gasteiger partial charge on any atom is 0.329 e. The van der Waals surface area contributed by atoms with Crippen LogP contribution in [0.2, 0.25) is 0 Å². The van der Waals surface area contributed by atoms with Crippen molar-refractivity contribution in [1.29, 1.82) is 0 Å². The van der Waals surface area contributed by atoms with E-state index < -0.39 is 11.4 Å². The molecule has 0 aliphatic carbocycles. The molecule has 0 fully saturated rings. The molecule has 0 saturated carbocycles. The summed E-state index contributed by atoms with van der Waals surface area (Å²) in [4.78, 5) is 9.84. The summed E-state index contributed by atoms with van der Waals surface area (Å²) in [5, 5.41) is 25.4. The number of hydrogen-bond donors (Lipinski definition) is 3. The van der Waals surface area contributed by atoms with Gasteiger partial charge >= 0.3 is 5.97 Å². The highest BCUT2D eigenvalue weighted by atomic mass is 16.5. The standard InChI is InChI=1S/C5H12O3.C4H6O2/c1-5(2-6,3-7)4-8;1-3-4(5)6-2/h6-8H,2-4H2,1H3;3H,1H2,2H3. The predicted octanol–water partition coefficient (Wildman–Crippen LogP) is -0.685. The maximum absolute atomic E-state index is 9.84. The van der Waals surface area contributed by atoms with E-state index in [1.54, 1.807) is 6.92 Å². The molecule has 0 aromatic carbocycles. The molecule has 0 heterocycles. The van der Waals surface area contributed by atoms with Gasteiger partial charge in [-0.15, -0.1) is 0 Å². The van der Waals surface area contributed by atoms with Gasteiger partial charge in [0.2, 0.25) is 0 Å². The Balaban J connectivity index is 0. The van der Waals surface area contributed by atoms with Gasteiger partial charge in [0.1, 0.15) is 0 Å². The molecule has 5 heteroatoms. The molecular formula is C9H18O5. The number of aliphatic hydroxyl groups is 3. The Labute approximate surface area is 83.6 Å². The van der Waals surface area contributed by atoms with Crippen molar-refractivity contribution in [2.24, 2.45) is 5.41 Å². The first-order chi connectivity index (χ1) is 6.49. The summed E-state index contributed by atoms with van der Waals surface area (Å²) < 4.78 is 4.14. The van der Waals surface area contributed by atoms with Gasteiger partial charge in [-0.05, 0) is 0 Å². The number of aliphatic hydroxyl groups excluding tert-OH is 3. The average molecular weight is 206 g/mol. The Bertz CT molecular complexity index is 154. The van der Waals surface area contributed by atoms with Gasteiger partial charge in [0.15, 0.2) is 0 Å². The lowest BCUT2D eigenvalue weighted by atomic mass is 9.95. The second-order valence-electron chi connectivity index (χ2n) is 3.01. The van der Waals surface area contributed by atoms with Crippen LogP contribution in [-0.2, 0) is 9.53 Å². The van der Waals surface area contributed by atoms with Gasteiger partial charge in [-0.3, -0.25) is 0 Å². The minimum Gasteiger partial charge on any atom is -0.466 e. The lowest BCUT2D eigenvalue weighted by molar-refractivity contribution is -0.134. The third-order valence-electron chi connectivity index (χ3n) is 1.51. The van der Waals surface area contributed by atoms with Crippen LogP contribution in [0.4, 0.5) is 0 Å². The molecular weight excluding hydrogens is 188 g/mol. The number of ether oxygens (including phenoxy) is 1. The van der Waals surface area contributed by atoms with E-state index in [2.05, 4.69) is 11.3 Å². The van der Waals surface area contributed by atoms with Crippen molar-refractivity contribution in [1.82, 2.24) is 0 Å². The first-order valence-corrected chi connectivity index (χ1v) is 4.02. The molecule has 0 aliphatic heterocycles. The van der Waals surface area contributed by atoms with Crippen LogP contribution >= 0.6 is 0 Å². The summed E-state index contributed by atoms with van der Waals surface area (Å²) in [5.41, 5.74) is -0.708. The molecule has 0 radical (unpaired) electrons. The number of methoxy groups -OCH3 is 1. The Morgan fingerprint density at radius 1 is 1.36 bits per heavy atom. The smallest absolute Gasteiger partial charge is 0.329 e. The molecule has 0 aliphatic rings. The summed E-state index contributed by atoms with van der Waals surface area (Å²) in [6.45, 7) is 4.22. The molecule has 0 saturated heterocycles. The largest absolute Gasteiger partial charge is 0.466 e. The zero-order valence-electron chi connectivity index (χ0n) is 8.56. The topological polar surface area (TPSA) is 87.0 Å². The Morgan fingerprint density at radius 3 is 1.71 bits per heavy atom. The molecule has 0 aromatic heterocycles. The van der Waals surface area contributed by atoms with Crippen LogP contribution in [0.15, 0.2) is 12.7 Å². The molecule has 0 rings (SSSR count). The van der Waals surface area contributed by atoms with Crippen LogP contribution in [-0.4, -0.2) is 48.2 Å². The fraction of sp³-hybridized carbons (Fsp3) is 0.667. The molecule has 0 amide bonds. The quantitative estimate of drug-likeness (QED) is 0.419. The SMILES string of the molecule is C=CC(=O)OC.CC(CO)(CO)CO. The predicted molar refractivity (Wildman–Crippen MR) is 51.6 cm³/mol. The minimum atomic E-state index is -0.708. The summed E-state index contributed by atoms with van der Waals surface area (Å²) in [6.07, 6.45) is 1.11. The summed E-state index contributed by atoms with van der Waals surface area (Å²) in [5.74, 6) is -0.394. The van der Waals surface area contributed by atoms with Crippen LogP contribution in [0.3, 0.4) is 0 Å². The third kappa shape index (κ3) is 7.72. The second kappa shape index (κ2) is 8.68. The lowest BCUT2D eigenvalue weighted by Crippen LogP contribution is -2.29. The Morgan fingerprint density at radius 2 is 1.71 bits per heavy atom. The number of rotatable bonds is 4. The van der Waals surface area contributed by atoms with Crippen molar-refractivity contribution in [3.63, 3.8) is 0 Å². The van der Waals surface area contributed by atoms with E-state index >= 15 is 0 Å². The van der Waals surface area contributed by atoms with Crippen molar-refractivity contribution in [2.45, 2.75) is 6.92 Å². The zero-order valence-corrected chi connectivity index (χ0v) is 8.56. The summed E-state index contributed by atoms with van der Waals surface area (Å²) in [7, 11) is 1.31. The van der Waals surface area contributed by atoms with Gasteiger partial charge in [-0.2, -0.15) is 0 Å². The van der Waals surface area contributed by atoms with E-state index in [-0.39, 0.29) is 19.8 Å². The first kappa shape index (κ1) is 15.6. The van der Waals surface area contributed by atoms with E-state index in [1.807, 2.05) is 0 Å². The molecule has 14 heavy (non-hydrogen) atoms. The van der Waals surface area contributed by atoms with E-state index in [1.165, 1.54) is 7.11 Å². The summed E-state index contributed by atoms with van der Waals surface area (Å²) in [6, 6.07) is 0. The molecule has 84 valence electrons. The van der Waals surface area contributed by atoms with Gasteiger partial charge in [0.25, 0.3) is 0 Å². The van der Waals surface area contributed by atoms with Crippen LogP contribution in [0, 0.1) is 5.41 Å². The van der Waals surface area contributed by atoms with E-state index in [0.29, 0.717) is 0 Å². The van der Waals surface area contributed by atoms with E-state index in [4.69, 9.17) is 15.3 Å². The van der Waals surface area contributed by atoms with Gasteiger partial charge in [-0.1, -0.05) is 13.5 Å². The van der Waals surface area contributed by atoms with E-state index in [0.717, 1.165) is 6.08 Å². The molecule has 0 unspecified atom stereocenters. The molecule has 5 nitrogen and oxygen atoms in total. The molecule has 0 spiro atoms. The van der Waals surface area contributed by atoms with Crippen molar-refractivity contribution in [3.05, 3.63) is 12.7 Å². The Hall–Kier alpha value is -0.910. The van der Waals surface area contributed by atoms with Crippen molar-refractivity contribution < 1.29 is 24.9 Å². The molecule has 0 aromatic rings. The highest BCUT2D eigenvalue weighted by Gasteiger charge is 2.20. The van der Waals surface area contributed by atoms with Gasteiger partial charge in [-0.25, -0.2) is 4.79 Å². The van der Waals surface area contributed by atoms with Crippen LogP contribution in [0.25, 0.3) is 0 Å². The monoisotopic (exact) mass is 206 g/mol. The average Bonchev–Trinajstić information content (AvgIpc) is 2.27. The van der Waals surface area contributed by atoms with Crippen molar-refractivity contribution >= 4 is 5.97 Å². The second-order valence-corrected chi connectivity index (χ2v) is 3.01. The number of carbonyl (C=O) groups excluding carboxylic acids is 1. The van der Waals surface area contributed by atoms with Crippen LogP contribution in [0.1, 0.15) is 6.92 Å². The first-order valence-electron chi connectivity index (χ1n) is 4.02. The summed E-state index contributed by atoms with van der Waals surface area (Å²) >= 11 is 0. The Kier molecular flexibility index (Phi) is 9.64. The molecule has 0 bridgehead atoms. The fourth-order valence-electron chi connectivity index (χ4n) is 0.233. The minimum absolute atomic E-state index is 0.181. The lowest BCUT2D eigenvalue weighted by Gasteiger charge is -2.20. The van der Waals surface area contributed by atoms with Crippen molar-refractivity contribution in [2.75, 3.05) is 26.9 Å². The van der Waals surface area contributed by atoms with Crippen LogP contribution in [0.5, 0.6) is 0 Å². The maximum atomic E-state index is 9.84. The molecule has 0 atom stereocenters. The van der Waals surface area contributed by atoms with Gasteiger partial charge in [0.05, 0.1) is 26.9 Å². The fourth-order valence-corrected chi connectivity index (χ4v) is 0.233. The van der Waals surface area contributed by atoms with Gasteiger partial charge < -0.3 is 20.1 Å². The van der Waals surface area contributed by atoms with E-state index in [9.17, 15) is 4.79 Å². The zero-order chi connectivity index (χ0) is 11.6. The van der Waals surface area contributed by atoms with Crippen molar-refractivity contribution in [3.8, 4) is 0 Å². The number of hydrogen-bond acceptors (Lipinski definition) is 5. The normalized spacial score (nSPS) is 9.79. The highest BCUT2D eigenvalue weighted by Crippen LogP contribution is 2.10. The number of esters is 1. The highest BCUT2D eigenvalue weighted by molar-refractivity contribution is 5.80. The third-order valence-corrected chi connectivity index (χ3v) is 1.51. The van der Waals surface area contributed by atoms with Gasteiger partial charge in [0, 0.05) is 11.5 Å².